The molecule has 70 valence electrons. The number of nitrogens with zero attached hydrogens (tertiary/aromatic N) is 3. The number of hydrogen-bond acceptors (Lipinski definition) is 5. The van der Waals surface area contributed by atoms with Crippen molar-refractivity contribution < 1.29 is 4.92 Å². The maximum atomic E-state index is 10.4. The summed E-state index contributed by atoms with van der Waals surface area (Å²) in [5, 5.41) is 10.4. The number of pyridine rings is 1. The molecule has 1 aromatic heterocycles. The standard InChI is InChI=1S/C7H10N4O2/c1-10(2)7-3-5(8)6(4-9-7)11(12)13/h3-4H,1-2H3,(H2,8,9). The SMILES string of the molecule is CN(C)c1cc(N)c([N+](=O)[O-])cn1. The lowest BCUT2D eigenvalue weighted by Crippen LogP contribution is -2.11. The lowest BCUT2D eigenvalue weighted by molar-refractivity contribution is -0.384. The summed E-state index contributed by atoms with van der Waals surface area (Å²) in [7, 11) is 3.57. The normalized spacial score (nSPS) is 9.69. The molecule has 0 unspecified atom stereocenters. The van der Waals surface area contributed by atoms with Crippen LogP contribution in [0.25, 0.3) is 0 Å². The van der Waals surface area contributed by atoms with Crippen LogP contribution in [-0.2, 0) is 0 Å². The average Bonchev–Trinajstić information content (AvgIpc) is 2.03. The summed E-state index contributed by atoms with van der Waals surface area (Å²) in [6, 6.07) is 1.47. The van der Waals surface area contributed by atoms with Crippen molar-refractivity contribution in [2.45, 2.75) is 0 Å². The Hall–Kier alpha value is -1.85. The van der Waals surface area contributed by atoms with Gasteiger partial charge in [-0.15, -0.1) is 0 Å². The van der Waals surface area contributed by atoms with Gasteiger partial charge in [-0.3, -0.25) is 10.1 Å². The Morgan fingerprint density at radius 2 is 2.23 bits per heavy atom. The van der Waals surface area contributed by atoms with E-state index in [2.05, 4.69) is 4.98 Å². The van der Waals surface area contributed by atoms with Crippen molar-refractivity contribution in [2.75, 3.05) is 24.7 Å². The summed E-state index contributed by atoms with van der Waals surface area (Å²) >= 11 is 0. The third-order valence-corrected chi connectivity index (χ3v) is 1.55. The molecular formula is C7H10N4O2. The molecule has 0 amide bonds. The predicted molar refractivity (Wildman–Crippen MR) is 49.6 cm³/mol. The summed E-state index contributed by atoms with van der Waals surface area (Å²) in [6.07, 6.45) is 1.16. The van der Waals surface area contributed by atoms with Crippen LogP contribution in [-0.4, -0.2) is 24.0 Å². The lowest BCUT2D eigenvalue weighted by Gasteiger charge is -2.10. The molecule has 2 N–H and O–H groups in total. The van der Waals surface area contributed by atoms with Crippen LogP contribution >= 0.6 is 0 Å². The van der Waals surface area contributed by atoms with Gasteiger partial charge in [0.15, 0.2) is 0 Å². The third kappa shape index (κ3) is 1.84. The first-order chi connectivity index (χ1) is 6.02. The van der Waals surface area contributed by atoms with Crippen molar-refractivity contribution in [1.29, 1.82) is 0 Å². The van der Waals surface area contributed by atoms with Gasteiger partial charge >= 0.3 is 5.69 Å². The van der Waals surface area contributed by atoms with Gasteiger partial charge in [0.25, 0.3) is 0 Å². The molecule has 6 heteroatoms. The first kappa shape index (κ1) is 9.24. The number of nitrogens with two attached hydrogens (primary N) is 1. The Kier molecular flexibility index (Phi) is 2.32. The van der Waals surface area contributed by atoms with Crippen molar-refractivity contribution in [2.24, 2.45) is 0 Å². The zero-order chi connectivity index (χ0) is 10.0. The van der Waals surface area contributed by atoms with E-state index in [0.717, 1.165) is 6.20 Å². The van der Waals surface area contributed by atoms with Crippen molar-refractivity contribution in [3.8, 4) is 0 Å². The van der Waals surface area contributed by atoms with E-state index < -0.39 is 4.92 Å². The molecule has 0 aromatic carbocycles. The van der Waals surface area contributed by atoms with E-state index >= 15 is 0 Å². The van der Waals surface area contributed by atoms with Crippen molar-refractivity contribution >= 4 is 17.2 Å². The van der Waals surface area contributed by atoms with Crippen molar-refractivity contribution in [3.05, 3.63) is 22.4 Å². The van der Waals surface area contributed by atoms with Crippen LogP contribution in [0.15, 0.2) is 12.3 Å². The van der Waals surface area contributed by atoms with Crippen LogP contribution < -0.4 is 10.6 Å². The molecule has 1 heterocycles. The Bertz CT molecular complexity index is 337. The van der Waals surface area contributed by atoms with Gasteiger partial charge in [-0.1, -0.05) is 0 Å². The number of rotatable bonds is 2. The summed E-state index contributed by atoms with van der Waals surface area (Å²) in [4.78, 5) is 15.4. The first-order valence-electron chi connectivity index (χ1n) is 3.59. The summed E-state index contributed by atoms with van der Waals surface area (Å²) in [5.74, 6) is 0.600. The maximum absolute atomic E-state index is 10.4. The van der Waals surface area contributed by atoms with Gasteiger partial charge in [-0.25, -0.2) is 4.98 Å². The topological polar surface area (TPSA) is 85.3 Å². The van der Waals surface area contributed by atoms with Crippen LogP contribution in [0.1, 0.15) is 0 Å². The van der Waals surface area contributed by atoms with E-state index in [1.165, 1.54) is 6.07 Å². The highest BCUT2D eigenvalue weighted by molar-refractivity contribution is 5.62. The van der Waals surface area contributed by atoms with Gasteiger partial charge in [-0.05, 0) is 0 Å². The van der Waals surface area contributed by atoms with Crippen LogP contribution in [0.5, 0.6) is 0 Å². The lowest BCUT2D eigenvalue weighted by atomic mass is 10.3. The number of hydrogen-bond donors (Lipinski definition) is 1. The van der Waals surface area contributed by atoms with E-state index in [1.54, 1.807) is 19.0 Å². The molecule has 0 fully saturated rings. The van der Waals surface area contributed by atoms with Crippen molar-refractivity contribution in [1.82, 2.24) is 4.98 Å². The molecule has 0 radical (unpaired) electrons. The second-order valence-corrected chi connectivity index (χ2v) is 2.75. The van der Waals surface area contributed by atoms with Gasteiger partial charge in [0.1, 0.15) is 17.7 Å². The number of nitro groups is 1. The molecule has 13 heavy (non-hydrogen) atoms. The van der Waals surface area contributed by atoms with E-state index in [-0.39, 0.29) is 11.4 Å². The second kappa shape index (κ2) is 3.26. The average molecular weight is 182 g/mol. The van der Waals surface area contributed by atoms with Crippen LogP contribution in [0.3, 0.4) is 0 Å². The summed E-state index contributed by atoms with van der Waals surface area (Å²) in [6.45, 7) is 0. The number of nitrogen functional groups attached to an aromatic ring is 1. The predicted octanol–water partition coefficient (Wildman–Crippen LogP) is 0.638. The highest BCUT2D eigenvalue weighted by Crippen LogP contribution is 2.22. The molecule has 1 rings (SSSR count). The number of aromatic nitrogens is 1. The molecule has 0 aliphatic heterocycles. The van der Waals surface area contributed by atoms with Gasteiger partial charge in [-0.2, -0.15) is 0 Å². The third-order valence-electron chi connectivity index (χ3n) is 1.55. The molecule has 0 saturated heterocycles. The van der Waals surface area contributed by atoms with E-state index in [0.29, 0.717) is 5.82 Å². The molecule has 0 spiro atoms. The van der Waals surface area contributed by atoms with E-state index in [9.17, 15) is 10.1 Å². The molecule has 6 nitrogen and oxygen atoms in total. The minimum absolute atomic E-state index is 0.128. The minimum atomic E-state index is -0.554. The Balaban J connectivity index is 3.13. The van der Waals surface area contributed by atoms with Gasteiger partial charge in [0.2, 0.25) is 0 Å². The Morgan fingerprint density at radius 3 is 2.62 bits per heavy atom. The minimum Gasteiger partial charge on any atom is -0.393 e. The quantitative estimate of drug-likeness (QED) is 0.535. The number of anilines is 2. The van der Waals surface area contributed by atoms with Gasteiger partial charge < -0.3 is 10.6 Å². The Morgan fingerprint density at radius 1 is 1.62 bits per heavy atom. The fraction of sp³-hybridized carbons (Fsp3) is 0.286. The molecular weight excluding hydrogens is 172 g/mol. The molecule has 1 aromatic rings. The zero-order valence-electron chi connectivity index (χ0n) is 7.39. The highest BCUT2D eigenvalue weighted by Gasteiger charge is 2.12. The molecule has 0 bridgehead atoms. The fourth-order valence-electron chi connectivity index (χ4n) is 0.849. The fourth-order valence-corrected chi connectivity index (χ4v) is 0.849. The van der Waals surface area contributed by atoms with E-state index in [4.69, 9.17) is 5.73 Å². The van der Waals surface area contributed by atoms with Crippen LogP contribution in [0.4, 0.5) is 17.2 Å². The van der Waals surface area contributed by atoms with E-state index in [1.807, 2.05) is 0 Å². The Labute approximate surface area is 75.1 Å². The van der Waals surface area contributed by atoms with Gasteiger partial charge in [0.05, 0.1) is 4.92 Å². The molecule has 0 aliphatic rings. The summed E-state index contributed by atoms with van der Waals surface area (Å²) < 4.78 is 0. The van der Waals surface area contributed by atoms with Gasteiger partial charge in [0, 0.05) is 20.2 Å². The zero-order valence-corrected chi connectivity index (χ0v) is 7.39. The van der Waals surface area contributed by atoms with Crippen LogP contribution in [0.2, 0.25) is 0 Å². The molecule has 0 aliphatic carbocycles. The van der Waals surface area contributed by atoms with Crippen LogP contribution in [0, 0.1) is 10.1 Å². The molecule has 0 saturated carbocycles. The second-order valence-electron chi connectivity index (χ2n) is 2.75. The maximum Gasteiger partial charge on any atom is 0.310 e. The smallest absolute Gasteiger partial charge is 0.310 e. The summed E-state index contributed by atoms with van der Waals surface area (Å²) in [5.41, 5.74) is 5.42. The highest BCUT2D eigenvalue weighted by atomic mass is 16.6. The van der Waals surface area contributed by atoms with Crippen molar-refractivity contribution in [3.63, 3.8) is 0 Å². The first-order valence-corrected chi connectivity index (χ1v) is 3.59. The largest absolute Gasteiger partial charge is 0.393 e. The molecule has 0 atom stereocenters. The monoisotopic (exact) mass is 182 g/mol.